The first kappa shape index (κ1) is 22.4. The van der Waals surface area contributed by atoms with E-state index in [1.165, 1.54) is 5.56 Å². The lowest BCUT2D eigenvalue weighted by Crippen LogP contribution is -2.23. The molecule has 0 saturated carbocycles. The van der Waals surface area contributed by atoms with Crippen LogP contribution in [0.15, 0.2) is 110 Å². The van der Waals surface area contributed by atoms with Gasteiger partial charge in [-0.25, -0.2) is 14.2 Å². The largest absolute Gasteiger partial charge is 0.348 e. The lowest BCUT2D eigenvalue weighted by molar-refractivity contribution is 0.0952. The number of fused-ring (bicyclic) bond motifs is 1. The molecule has 7 nitrogen and oxygen atoms in total. The molecule has 180 valence electrons. The molecule has 6 aromatic rings. The molecule has 0 fully saturated rings. The lowest BCUT2D eigenvalue weighted by atomic mass is 10.1. The zero-order chi connectivity index (χ0) is 25.2. The van der Waals surface area contributed by atoms with Crippen molar-refractivity contribution in [3.63, 3.8) is 0 Å². The van der Waals surface area contributed by atoms with Crippen LogP contribution in [-0.4, -0.2) is 30.3 Å². The van der Waals surface area contributed by atoms with Crippen molar-refractivity contribution < 1.29 is 4.79 Å². The van der Waals surface area contributed by atoms with E-state index in [1.54, 1.807) is 16.9 Å². The highest BCUT2D eigenvalue weighted by atomic mass is 16.1. The molecule has 0 saturated heterocycles. The van der Waals surface area contributed by atoms with Gasteiger partial charge in [-0.05, 0) is 25.1 Å². The second-order valence-electron chi connectivity index (χ2n) is 8.82. The second-order valence-corrected chi connectivity index (χ2v) is 8.82. The van der Waals surface area contributed by atoms with Gasteiger partial charge in [0.15, 0.2) is 5.65 Å². The highest BCUT2D eigenvalue weighted by Crippen LogP contribution is 2.25. The minimum Gasteiger partial charge on any atom is -0.348 e. The maximum absolute atomic E-state index is 13.3. The van der Waals surface area contributed by atoms with E-state index in [2.05, 4.69) is 34.5 Å². The van der Waals surface area contributed by atoms with Gasteiger partial charge >= 0.3 is 0 Å². The molecule has 7 heteroatoms. The number of nitrogens with one attached hydrogen (secondary N) is 1. The summed E-state index contributed by atoms with van der Waals surface area (Å²) in [4.78, 5) is 17.7. The number of para-hydroxylation sites is 1. The number of benzene rings is 3. The zero-order valence-corrected chi connectivity index (χ0v) is 20.2. The Hall–Kier alpha value is -5.04. The van der Waals surface area contributed by atoms with Crippen molar-refractivity contribution in [2.75, 3.05) is 0 Å². The van der Waals surface area contributed by atoms with Crippen molar-refractivity contribution >= 4 is 11.6 Å². The van der Waals surface area contributed by atoms with E-state index in [9.17, 15) is 4.79 Å². The number of nitrogens with zero attached hydrogens (tertiary/aromatic N) is 5. The van der Waals surface area contributed by atoms with Gasteiger partial charge < -0.3 is 5.32 Å². The van der Waals surface area contributed by atoms with Crippen LogP contribution >= 0.6 is 0 Å². The Kier molecular flexibility index (Phi) is 5.78. The van der Waals surface area contributed by atoms with Crippen LogP contribution in [0.1, 0.15) is 21.5 Å². The predicted octanol–water partition coefficient (Wildman–Crippen LogP) is 5.49. The van der Waals surface area contributed by atoms with Crippen LogP contribution < -0.4 is 5.32 Å². The first-order chi connectivity index (χ1) is 18.2. The van der Waals surface area contributed by atoms with E-state index < -0.39 is 0 Å². The molecule has 3 heterocycles. The van der Waals surface area contributed by atoms with Crippen molar-refractivity contribution in [1.82, 2.24) is 29.7 Å². The van der Waals surface area contributed by atoms with Crippen molar-refractivity contribution in [1.29, 1.82) is 0 Å². The van der Waals surface area contributed by atoms with E-state index in [-0.39, 0.29) is 5.91 Å². The summed E-state index contributed by atoms with van der Waals surface area (Å²) in [7, 11) is 0. The third kappa shape index (κ3) is 4.38. The van der Waals surface area contributed by atoms with Crippen LogP contribution in [0.3, 0.4) is 0 Å². The van der Waals surface area contributed by atoms with Crippen LogP contribution in [0.5, 0.6) is 0 Å². The average molecular weight is 485 g/mol. The van der Waals surface area contributed by atoms with E-state index in [1.807, 2.05) is 89.7 Å². The molecule has 0 atom stereocenters. The smallest absolute Gasteiger partial charge is 0.257 e. The molecule has 6 rings (SSSR count). The Morgan fingerprint density at radius 1 is 0.865 bits per heavy atom. The SMILES string of the molecule is Cc1ccc(-c2ccnc3c(C(=O)NCc4cn(-c5ccccc5)nc4-c4ccccc4)cnn23)cc1. The summed E-state index contributed by atoms with van der Waals surface area (Å²) in [5.74, 6) is -0.241. The van der Waals surface area contributed by atoms with Crippen molar-refractivity contribution in [2.24, 2.45) is 0 Å². The molecule has 0 aliphatic heterocycles. The second kappa shape index (κ2) is 9.54. The van der Waals surface area contributed by atoms with Gasteiger partial charge in [-0.3, -0.25) is 4.79 Å². The van der Waals surface area contributed by atoms with Crippen molar-refractivity contribution in [3.8, 4) is 28.2 Å². The fourth-order valence-corrected chi connectivity index (χ4v) is 4.36. The number of rotatable bonds is 6. The van der Waals surface area contributed by atoms with Gasteiger partial charge in [-0.2, -0.15) is 10.2 Å². The Morgan fingerprint density at radius 2 is 1.59 bits per heavy atom. The maximum Gasteiger partial charge on any atom is 0.257 e. The van der Waals surface area contributed by atoms with Gasteiger partial charge in [0.1, 0.15) is 5.56 Å². The van der Waals surface area contributed by atoms with E-state index in [4.69, 9.17) is 5.10 Å². The fraction of sp³-hybridized carbons (Fsp3) is 0.0667. The normalized spacial score (nSPS) is 11.1. The molecule has 0 aliphatic carbocycles. The van der Waals surface area contributed by atoms with Gasteiger partial charge in [0.25, 0.3) is 5.91 Å². The summed E-state index contributed by atoms with van der Waals surface area (Å²) in [5, 5.41) is 12.4. The van der Waals surface area contributed by atoms with E-state index in [0.29, 0.717) is 17.8 Å². The van der Waals surface area contributed by atoms with Crippen molar-refractivity contribution in [3.05, 3.63) is 126 Å². The molecule has 0 spiro atoms. The quantitative estimate of drug-likeness (QED) is 0.339. The molecule has 0 bridgehead atoms. The number of hydrogen-bond donors (Lipinski definition) is 1. The summed E-state index contributed by atoms with van der Waals surface area (Å²) < 4.78 is 3.55. The number of carbonyl (C=O) groups excluding carboxylic acids is 1. The molecule has 3 aromatic carbocycles. The van der Waals surface area contributed by atoms with Gasteiger partial charge in [0.2, 0.25) is 0 Å². The topological polar surface area (TPSA) is 77.1 Å². The number of carbonyl (C=O) groups is 1. The molecular formula is C30H24N6O. The monoisotopic (exact) mass is 484 g/mol. The minimum atomic E-state index is -0.241. The van der Waals surface area contributed by atoms with Crippen LogP contribution in [0.4, 0.5) is 0 Å². The summed E-state index contributed by atoms with van der Waals surface area (Å²) in [6.07, 6.45) is 5.24. The van der Waals surface area contributed by atoms with Crippen LogP contribution in [0, 0.1) is 6.92 Å². The number of aryl methyl sites for hydroxylation is 1. The lowest BCUT2D eigenvalue weighted by Gasteiger charge is -2.07. The average Bonchev–Trinajstić information content (AvgIpc) is 3.58. The summed E-state index contributed by atoms with van der Waals surface area (Å²) in [5.41, 5.74) is 7.67. The Morgan fingerprint density at radius 3 is 2.35 bits per heavy atom. The van der Waals surface area contributed by atoms with Crippen LogP contribution in [-0.2, 0) is 6.54 Å². The molecule has 0 radical (unpaired) electrons. The van der Waals surface area contributed by atoms with Gasteiger partial charge in [-0.15, -0.1) is 0 Å². The first-order valence-electron chi connectivity index (χ1n) is 12.0. The molecule has 3 aromatic heterocycles. The van der Waals surface area contributed by atoms with Gasteiger partial charge in [-0.1, -0.05) is 78.4 Å². The Balaban J connectivity index is 1.30. The zero-order valence-electron chi connectivity index (χ0n) is 20.2. The predicted molar refractivity (Wildman–Crippen MR) is 143 cm³/mol. The summed E-state index contributed by atoms with van der Waals surface area (Å²) in [6, 6.07) is 30.0. The Labute approximate surface area is 214 Å². The molecule has 0 unspecified atom stereocenters. The highest BCUT2D eigenvalue weighted by Gasteiger charge is 2.18. The fourth-order valence-electron chi connectivity index (χ4n) is 4.36. The number of aromatic nitrogens is 5. The molecule has 1 amide bonds. The van der Waals surface area contributed by atoms with E-state index >= 15 is 0 Å². The van der Waals surface area contributed by atoms with Crippen molar-refractivity contribution in [2.45, 2.75) is 13.5 Å². The third-order valence-corrected chi connectivity index (χ3v) is 6.29. The Bertz CT molecular complexity index is 1690. The van der Waals surface area contributed by atoms with Crippen LogP contribution in [0.25, 0.3) is 33.8 Å². The standard InChI is InChI=1S/C30H24N6O/c1-21-12-14-22(15-13-21)27-16-17-31-29-26(19-33-36(27)29)30(37)32-18-24-20-35(25-10-6-3-7-11-25)34-28(24)23-8-4-2-5-9-23/h2-17,19-20H,18H2,1H3,(H,32,37). The molecule has 37 heavy (non-hydrogen) atoms. The highest BCUT2D eigenvalue weighted by molar-refractivity contribution is 5.99. The minimum absolute atomic E-state index is 0.241. The third-order valence-electron chi connectivity index (χ3n) is 6.29. The van der Waals surface area contributed by atoms with E-state index in [0.717, 1.165) is 33.8 Å². The maximum atomic E-state index is 13.3. The number of hydrogen-bond acceptors (Lipinski definition) is 4. The first-order valence-corrected chi connectivity index (χ1v) is 12.0. The van der Waals surface area contributed by atoms with Gasteiger partial charge in [0.05, 0.1) is 23.3 Å². The summed E-state index contributed by atoms with van der Waals surface area (Å²) in [6.45, 7) is 2.36. The molecule has 0 aliphatic rings. The van der Waals surface area contributed by atoms with Gasteiger partial charge in [0, 0.05) is 35.6 Å². The molecule has 1 N–H and O–H groups in total. The van der Waals surface area contributed by atoms with Crippen LogP contribution in [0.2, 0.25) is 0 Å². The number of amides is 1. The molecular weight excluding hydrogens is 460 g/mol. The summed E-state index contributed by atoms with van der Waals surface area (Å²) >= 11 is 0.